The van der Waals surface area contributed by atoms with Crippen LogP contribution in [0.1, 0.15) is 19.4 Å². The second-order valence-electron chi connectivity index (χ2n) is 4.12. The van der Waals surface area contributed by atoms with E-state index in [0.29, 0.717) is 11.1 Å². The van der Waals surface area contributed by atoms with E-state index in [1.165, 1.54) is 24.3 Å². The lowest BCUT2D eigenvalue weighted by atomic mass is 10.0. The SMILES string of the molecule is CC(C)C(=Cc1ccccc1OC(F)(F)F)CO. The molecule has 0 unspecified atom stereocenters. The fourth-order valence-electron chi connectivity index (χ4n) is 1.41. The summed E-state index contributed by atoms with van der Waals surface area (Å²) < 4.78 is 40.6. The fourth-order valence-corrected chi connectivity index (χ4v) is 1.41. The van der Waals surface area contributed by atoms with E-state index in [2.05, 4.69) is 4.74 Å². The summed E-state index contributed by atoms with van der Waals surface area (Å²) in [5.74, 6) is -0.217. The average molecular weight is 260 g/mol. The molecule has 1 aromatic rings. The van der Waals surface area contributed by atoms with Crippen molar-refractivity contribution in [3.05, 3.63) is 35.4 Å². The summed E-state index contributed by atoms with van der Waals surface area (Å²) >= 11 is 0. The summed E-state index contributed by atoms with van der Waals surface area (Å²) in [6, 6.07) is 5.84. The van der Waals surface area contributed by atoms with Gasteiger partial charge in [-0.2, -0.15) is 0 Å². The highest BCUT2D eigenvalue weighted by atomic mass is 19.4. The number of aliphatic hydroxyl groups excluding tert-OH is 1. The van der Waals surface area contributed by atoms with Gasteiger partial charge in [0.1, 0.15) is 5.75 Å². The molecule has 0 aliphatic heterocycles. The van der Waals surface area contributed by atoms with Crippen molar-refractivity contribution < 1.29 is 23.0 Å². The molecule has 0 saturated heterocycles. The van der Waals surface area contributed by atoms with Crippen LogP contribution in [0.15, 0.2) is 29.8 Å². The first-order valence-electron chi connectivity index (χ1n) is 5.49. The highest BCUT2D eigenvalue weighted by Gasteiger charge is 2.31. The third kappa shape index (κ3) is 4.41. The molecule has 0 radical (unpaired) electrons. The molecule has 0 amide bonds. The Balaban J connectivity index is 3.09. The van der Waals surface area contributed by atoms with Crippen LogP contribution in [-0.4, -0.2) is 18.1 Å². The van der Waals surface area contributed by atoms with Crippen LogP contribution in [-0.2, 0) is 0 Å². The monoisotopic (exact) mass is 260 g/mol. The van der Waals surface area contributed by atoms with Crippen LogP contribution in [0.4, 0.5) is 13.2 Å². The second kappa shape index (κ2) is 5.91. The molecule has 0 aliphatic carbocycles. The van der Waals surface area contributed by atoms with Gasteiger partial charge in [0.15, 0.2) is 0 Å². The number of para-hydroxylation sites is 1. The maximum absolute atomic E-state index is 12.2. The number of halogens is 3. The van der Waals surface area contributed by atoms with Gasteiger partial charge in [-0.05, 0) is 23.6 Å². The Bertz CT molecular complexity index is 422. The van der Waals surface area contributed by atoms with E-state index in [1.807, 2.05) is 13.8 Å². The number of hydrogen-bond acceptors (Lipinski definition) is 2. The van der Waals surface area contributed by atoms with Gasteiger partial charge in [-0.25, -0.2) is 0 Å². The van der Waals surface area contributed by atoms with E-state index in [1.54, 1.807) is 6.07 Å². The number of ether oxygens (including phenoxy) is 1. The third-order valence-electron chi connectivity index (χ3n) is 2.41. The summed E-state index contributed by atoms with van der Waals surface area (Å²) in [4.78, 5) is 0. The summed E-state index contributed by atoms with van der Waals surface area (Å²) in [6.07, 6.45) is -3.20. The normalized spacial score (nSPS) is 12.9. The number of rotatable bonds is 4. The molecule has 100 valence electrons. The molecule has 18 heavy (non-hydrogen) atoms. The Morgan fingerprint density at radius 1 is 1.33 bits per heavy atom. The second-order valence-corrected chi connectivity index (χ2v) is 4.12. The van der Waals surface area contributed by atoms with Crippen LogP contribution in [0.25, 0.3) is 6.08 Å². The highest BCUT2D eigenvalue weighted by molar-refractivity contribution is 5.60. The van der Waals surface area contributed by atoms with Crippen molar-refractivity contribution in [3.63, 3.8) is 0 Å². The Morgan fingerprint density at radius 3 is 2.44 bits per heavy atom. The molecule has 5 heteroatoms. The molecule has 0 spiro atoms. The summed E-state index contributed by atoms with van der Waals surface area (Å²) in [7, 11) is 0. The average Bonchev–Trinajstić information content (AvgIpc) is 2.25. The molecule has 0 aliphatic rings. The standard InChI is InChI=1S/C13H15F3O2/c1-9(2)11(8-17)7-10-5-3-4-6-12(10)18-13(14,15)16/h3-7,9,17H,8H2,1-2H3. The van der Waals surface area contributed by atoms with Gasteiger partial charge in [-0.1, -0.05) is 32.0 Å². The summed E-state index contributed by atoms with van der Waals surface area (Å²) in [6.45, 7) is 3.52. The molecule has 0 aromatic heterocycles. The van der Waals surface area contributed by atoms with Crippen molar-refractivity contribution in [2.75, 3.05) is 6.61 Å². The zero-order valence-corrected chi connectivity index (χ0v) is 10.2. The minimum Gasteiger partial charge on any atom is -0.405 e. The first-order valence-corrected chi connectivity index (χ1v) is 5.49. The minimum atomic E-state index is -4.72. The zero-order valence-electron chi connectivity index (χ0n) is 10.2. The molecule has 0 bridgehead atoms. The summed E-state index contributed by atoms with van der Waals surface area (Å²) in [5.41, 5.74) is 0.945. The third-order valence-corrected chi connectivity index (χ3v) is 2.41. The van der Waals surface area contributed by atoms with Crippen LogP contribution in [0.5, 0.6) is 5.75 Å². The van der Waals surface area contributed by atoms with Gasteiger partial charge in [0.05, 0.1) is 6.61 Å². The molecule has 0 heterocycles. The predicted molar refractivity (Wildman–Crippen MR) is 63.0 cm³/mol. The van der Waals surface area contributed by atoms with Gasteiger partial charge >= 0.3 is 6.36 Å². The van der Waals surface area contributed by atoms with E-state index in [-0.39, 0.29) is 18.3 Å². The molecular formula is C13H15F3O2. The van der Waals surface area contributed by atoms with E-state index < -0.39 is 6.36 Å². The quantitative estimate of drug-likeness (QED) is 0.896. The van der Waals surface area contributed by atoms with Gasteiger partial charge in [0.2, 0.25) is 0 Å². The van der Waals surface area contributed by atoms with E-state index in [9.17, 15) is 13.2 Å². The molecule has 2 nitrogen and oxygen atoms in total. The predicted octanol–water partition coefficient (Wildman–Crippen LogP) is 3.62. The topological polar surface area (TPSA) is 29.5 Å². The van der Waals surface area contributed by atoms with Gasteiger partial charge in [-0.3, -0.25) is 0 Å². The lowest BCUT2D eigenvalue weighted by Gasteiger charge is -2.13. The van der Waals surface area contributed by atoms with Crippen LogP contribution < -0.4 is 4.74 Å². The molecule has 0 saturated carbocycles. The van der Waals surface area contributed by atoms with Crippen molar-refractivity contribution in [2.45, 2.75) is 20.2 Å². The van der Waals surface area contributed by atoms with Crippen LogP contribution in [0, 0.1) is 5.92 Å². The van der Waals surface area contributed by atoms with Crippen molar-refractivity contribution in [1.82, 2.24) is 0 Å². The molecule has 0 fully saturated rings. The molecule has 1 aromatic carbocycles. The lowest BCUT2D eigenvalue weighted by molar-refractivity contribution is -0.274. The number of hydrogen-bond donors (Lipinski definition) is 1. The molecule has 1 N–H and O–H groups in total. The van der Waals surface area contributed by atoms with E-state index >= 15 is 0 Å². The van der Waals surface area contributed by atoms with Crippen molar-refractivity contribution in [3.8, 4) is 5.75 Å². The Hall–Kier alpha value is -1.49. The van der Waals surface area contributed by atoms with Crippen LogP contribution in [0.2, 0.25) is 0 Å². The maximum atomic E-state index is 12.2. The number of aliphatic hydroxyl groups is 1. The van der Waals surface area contributed by atoms with Gasteiger partial charge in [0, 0.05) is 5.56 Å². The number of benzene rings is 1. The minimum absolute atomic E-state index is 0.0499. The van der Waals surface area contributed by atoms with Gasteiger partial charge in [-0.15, -0.1) is 13.2 Å². The maximum Gasteiger partial charge on any atom is 0.573 e. The Morgan fingerprint density at radius 2 is 1.94 bits per heavy atom. The first-order chi connectivity index (χ1) is 8.33. The van der Waals surface area contributed by atoms with E-state index in [0.717, 1.165) is 0 Å². The van der Waals surface area contributed by atoms with Crippen LogP contribution >= 0.6 is 0 Å². The first kappa shape index (κ1) is 14.6. The van der Waals surface area contributed by atoms with Gasteiger partial charge < -0.3 is 9.84 Å². The van der Waals surface area contributed by atoms with Gasteiger partial charge in [0.25, 0.3) is 0 Å². The van der Waals surface area contributed by atoms with Crippen molar-refractivity contribution in [1.29, 1.82) is 0 Å². The number of alkyl halides is 3. The summed E-state index contributed by atoms with van der Waals surface area (Å²) in [5, 5.41) is 9.15. The lowest BCUT2D eigenvalue weighted by Crippen LogP contribution is -2.17. The van der Waals surface area contributed by atoms with Crippen LogP contribution in [0.3, 0.4) is 0 Å². The highest BCUT2D eigenvalue weighted by Crippen LogP contribution is 2.28. The Labute approximate surface area is 104 Å². The molecule has 1 rings (SSSR count). The zero-order chi connectivity index (χ0) is 13.8. The largest absolute Gasteiger partial charge is 0.573 e. The van der Waals surface area contributed by atoms with Crippen molar-refractivity contribution in [2.24, 2.45) is 5.92 Å². The Kier molecular flexibility index (Phi) is 4.78. The molecule has 0 atom stereocenters. The fraction of sp³-hybridized carbons (Fsp3) is 0.385. The van der Waals surface area contributed by atoms with Crippen molar-refractivity contribution >= 4 is 6.08 Å². The smallest absolute Gasteiger partial charge is 0.405 e. The molecular weight excluding hydrogens is 245 g/mol. The van der Waals surface area contributed by atoms with E-state index in [4.69, 9.17) is 5.11 Å².